The molecule has 0 bridgehead atoms. The molecule has 1 N–H and O–H groups in total. The average Bonchev–Trinajstić information content (AvgIpc) is 1.98. The molecule has 0 aromatic carbocycles. The molecule has 0 heterocycles. The molecule has 68 valence electrons. The number of hydrogen-bond acceptors (Lipinski definition) is 4. The molecule has 0 saturated heterocycles. The molecule has 0 aromatic rings. The molecule has 0 amide bonds. The van der Waals surface area contributed by atoms with Gasteiger partial charge in [-0.05, 0) is 6.92 Å². The Bertz CT molecular complexity index is 188. The topological polar surface area (TPSA) is 72.8 Å². The number of carbonyl (C=O) groups is 1. The molecule has 0 aromatic heterocycles. The highest BCUT2D eigenvalue weighted by Crippen LogP contribution is 2.12. The van der Waals surface area contributed by atoms with Gasteiger partial charge in [-0.1, -0.05) is 6.08 Å². The second kappa shape index (κ2) is 6.91. The highest BCUT2D eigenvalue weighted by Gasteiger charge is 2.10. The number of ether oxygens (including phenoxy) is 1. The highest BCUT2D eigenvalue weighted by molar-refractivity contribution is 7.32. The van der Waals surface area contributed by atoms with E-state index < -0.39 is 14.2 Å². The van der Waals surface area contributed by atoms with Crippen LogP contribution in [0.1, 0.15) is 6.92 Å². The Morgan fingerprint density at radius 3 is 2.75 bits per heavy atom. The van der Waals surface area contributed by atoms with Crippen molar-refractivity contribution in [3.05, 3.63) is 12.2 Å². The molecule has 0 aliphatic heterocycles. The molecule has 0 fully saturated rings. The fraction of sp³-hybridized carbons (Fsp3) is 0.500. The summed E-state index contributed by atoms with van der Waals surface area (Å²) in [6.45, 7) is 1.59. The molecule has 0 aliphatic rings. The number of hydrogen-bond donors (Lipinski definition) is 1. The molecular formula is C6H10O5P+. The Morgan fingerprint density at radius 2 is 2.25 bits per heavy atom. The van der Waals surface area contributed by atoms with Crippen LogP contribution in [0.3, 0.4) is 0 Å². The first-order valence-electron chi connectivity index (χ1n) is 3.25. The van der Waals surface area contributed by atoms with Gasteiger partial charge in [0.05, 0.1) is 0 Å². The predicted octanol–water partition coefficient (Wildman–Crippen LogP) is 0.772. The van der Waals surface area contributed by atoms with Crippen LogP contribution in [0, 0.1) is 0 Å². The van der Waals surface area contributed by atoms with Gasteiger partial charge in [0.15, 0.2) is 0 Å². The Labute approximate surface area is 70.9 Å². The summed E-state index contributed by atoms with van der Waals surface area (Å²) in [6, 6.07) is 0. The van der Waals surface area contributed by atoms with Crippen molar-refractivity contribution in [2.24, 2.45) is 0 Å². The molecule has 0 saturated carbocycles. The molecule has 0 spiro atoms. The average molecular weight is 193 g/mol. The first-order valence-corrected chi connectivity index (χ1v) is 4.38. The maximum absolute atomic E-state index is 10.6. The summed E-state index contributed by atoms with van der Waals surface area (Å²) in [5.74, 6) is -0.491. The second-order valence-electron chi connectivity index (χ2n) is 1.74. The van der Waals surface area contributed by atoms with E-state index in [0.29, 0.717) is 0 Å². The first kappa shape index (κ1) is 11.2. The van der Waals surface area contributed by atoms with Crippen molar-refractivity contribution in [1.29, 1.82) is 0 Å². The third kappa shape index (κ3) is 7.34. The maximum Gasteiger partial charge on any atom is 0.694 e. The van der Waals surface area contributed by atoms with Crippen LogP contribution in [0.5, 0.6) is 0 Å². The summed E-state index contributed by atoms with van der Waals surface area (Å²) in [5.41, 5.74) is 0. The molecular weight excluding hydrogens is 183 g/mol. The van der Waals surface area contributed by atoms with Gasteiger partial charge in [-0.2, -0.15) is 0 Å². The molecule has 12 heavy (non-hydrogen) atoms. The Kier molecular flexibility index (Phi) is 6.47. The van der Waals surface area contributed by atoms with Crippen LogP contribution < -0.4 is 0 Å². The van der Waals surface area contributed by atoms with Crippen molar-refractivity contribution in [1.82, 2.24) is 0 Å². The van der Waals surface area contributed by atoms with Crippen LogP contribution in [0.2, 0.25) is 0 Å². The van der Waals surface area contributed by atoms with Crippen LogP contribution in [0.25, 0.3) is 0 Å². The second-order valence-corrected chi connectivity index (χ2v) is 2.47. The minimum Gasteiger partial charge on any atom is -0.460 e. The van der Waals surface area contributed by atoms with E-state index in [4.69, 9.17) is 4.89 Å². The largest absolute Gasteiger partial charge is 0.694 e. The van der Waals surface area contributed by atoms with Gasteiger partial charge in [0, 0.05) is 10.6 Å². The molecule has 0 radical (unpaired) electrons. The van der Waals surface area contributed by atoms with Crippen molar-refractivity contribution in [2.75, 3.05) is 13.2 Å². The summed E-state index contributed by atoms with van der Waals surface area (Å²) in [6.07, 6.45) is 2.79. The lowest BCUT2D eigenvalue weighted by molar-refractivity contribution is -0.138. The van der Waals surface area contributed by atoms with E-state index in [1.54, 1.807) is 6.92 Å². The molecule has 5 nitrogen and oxygen atoms in total. The van der Waals surface area contributed by atoms with E-state index >= 15 is 0 Å². The summed E-state index contributed by atoms with van der Waals surface area (Å²) >= 11 is 0. The minimum atomic E-state index is -2.60. The molecule has 6 heteroatoms. The van der Waals surface area contributed by atoms with Crippen molar-refractivity contribution in [2.45, 2.75) is 6.92 Å². The first-order chi connectivity index (χ1) is 5.66. The lowest BCUT2D eigenvalue weighted by atomic mass is 10.5. The minimum absolute atomic E-state index is 0.0230. The smallest absolute Gasteiger partial charge is 0.460 e. The summed E-state index contributed by atoms with van der Waals surface area (Å²) in [4.78, 5) is 18.7. The van der Waals surface area contributed by atoms with Gasteiger partial charge in [-0.25, -0.2) is 4.79 Å². The normalized spacial score (nSPS) is 11.7. The van der Waals surface area contributed by atoms with Crippen molar-refractivity contribution in [3.8, 4) is 0 Å². The molecule has 0 rings (SSSR count). The lowest BCUT2D eigenvalue weighted by Gasteiger charge is -1.95. The van der Waals surface area contributed by atoms with Crippen LogP contribution >= 0.6 is 8.25 Å². The van der Waals surface area contributed by atoms with Crippen LogP contribution in [-0.2, 0) is 18.6 Å². The van der Waals surface area contributed by atoms with Gasteiger partial charge in [-0.15, -0.1) is 9.42 Å². The van der Waals surface area contributed by atoms with Crippen molar-refractivity contribution >= 4 is 14.2 Å². The van der Waals surface area contributed by atoms with Gasteiger partial charge in [0.1, 0.15) is 13.2 Å². The van der Waals surface area contributed by atoms with Crippen LogP contribution in [0.4, 0.5) is 0 Å². The summed E-state index contributed by atoms with van der Waals surface area (Å²) in [5, 5.41) is 0. The third-order valence-electron chi connectivity index (χ3n) is 0.832. The van der Waals surface area contributed by atoms with E-state index in [0.717, 1.165) is 0 Å². The lowest BCUT2D eigenvalue weighted by Crippen LogP contribution is -2.06. The summed E-state index contributed by atoms with van der Waals surface area (Å²) < 4.78 is 18.7. The van der Waals surface area contributed by atoms with Crippen molar-refractivity contribution < 1.29 is 23.5 Å². The van der Waals surface area contributed by atoms with Gasteiger partial charge in [0.2, 0.25) is 0 Å². The summed E-state index contributed by atoms with van der Waals surface area (Å²) in [7, 11) is -2.60. The monoisotopic (exact) mass is 193 g/mol. The fourth-order valence-corrected chi connectivity index (χ4v) is 0.673. The Hall–Kier alpha value is -0.770. The van der Waals surface area contributed by atoms with Gasteiger partial charge < -0.3 is 4.74 Å². The van der Waals surface area contributed by atoms with E-state index in [2.05, 4.69) is 9.26 Å². The van der Waals surface area contributed by atoms with Gasteiger partial charge in [-0.3, -0.25) is 0 Å². The SMILES string of the molecule is CC=CC(=O)OCCO[P+](=O)O. The van der Waals surface area contributed by atoms with Gasteiger partial charge in [0.25, 0.3) is 0 Å². The molecule has 1 atom stereocenters. The molecule has 1 unspecified atom stereocenters. The zero-order valence-corrected chi connectivity index (χ0v) is 7.49. The predicted molar refractivity (Wildman–Crippen MR) is 41.6 cm³/mol. The Morgan fingerprint density at radius 1 is 1.58 bits per heavy atom. The standard InChI is InChI=1S/C6H9O5P/c1-2-3-6(7)10-4-5-11-12(8)9/h2-3H,4-5H2,1H3/p+1. The number of carbonyl (C=O) groups excluding carboxylic acids is 1. The number of esters is 1. The zero-order valence-electron chi connectivity index (χ0n) is 6.60. The van der Waals surface area contributed by atoms with E-state index in [-0.39, 0.29) is 13.2 Å². The third-order valence-corrected chi connectivity index (χ3v) is 1.24. The maximum atomic E-state index is 10.6. The van der Waals surface area contributed by atoms with Crippen molar-refractivity contribution in [3.63, 3.8) is 0 Å². The quantitative estimate of drug-likeness (QED) is 0.302. The fourth-order valence-electron chi connectivity index (χ4n) is 0.442. The van der Waals surface area contributed by atoms with Gasteiger partial charge >= 0.3 is 14.2 Å². The highest BCUT2D eigenvalue weighted by atomic mass is 31.1. The number of allylic oxidation sites excluding steroid dienone is 1. The van der Waals surface area contributed by atoms with Crippen LogP contribution in [0.15, 0.2) is 12.2 Å². The van der Waals surface area contributed by atoms with E-state index in [1.807, 2.05) is 0 Å². The van der Waals surface area contributed by atoms with E-state index in [1.165, 1.54) is 12.2 Å². The zero-order chi connectivity index (χ0) is 9.40. The Balaban J connectivity index is 3.31. The molecule has 0 aliphatic carbocycles. The van der Waals surface area contributed by atoms with Crippen LogP contribution in [-0.4, -0.2) is 24.1 Å². The van der Waals surface area contributed by atoms with E-state index in [9.17, 15) is 9.36 Å². The number of rotatable bonds is 5.